The lowest BCUT2D eigenvalue weighted by molar-refractivity contribution is 0.0214. The van der Waals surface area contributed by atoms with Crippen LogP contribution in [-0.2, 0) is 9.47 Å². The van der Waals surface area contributed by atoms with Crippen LogP contribution in [0.25, 0.3) is 10.9 Å². The summed E-state index contributed by atoms with van der Waals surface area (Å²) in [7, 11) is 3.29. The molecular formula is C29H36N4O5. The van der Waals surface area contributed by atoms with Crippen molar-refractivity contribution in [1.82, 2.24) is 9.88 Å². The average Bonchev–Trinajstić information content (AvgIpc) is 3.50. The molecule has 202 valence electrons. The lowest BCUT2D eigenvalue weighted by atomic mass is 10.1. The maximum Gasteiger partial charge on any atom is 0.410 e. The van der Waals surface area contributed by atoms with Gasteiger partial charge in [-0.1, -0.05) is 0 Å². The van der Waals surface area contributed by atoms with E-state index in [1.807, 2.05) is 56.1 Å². The van der Waals surface area contributed by atoms with Gasteiger partial charge < -0.3 is 34.1 Å². The van der Waals surface area contributed by atoms with Gasteiger partial charge in [-0.3, -0.25) is 4.98 Å². The van der Waals surface area contributed by atoms with Gasteiger partial charge in [-0.15, -0.1) is 0 Å². The molecule has 9 heteroatoms. The van der Waals surface area contributed by atoms with E-state index in [1.54, 1.807) is 14.2 Å². The highest BCUT2D eigenvalue weighted by molar-refractivity contribution is 5.95. The molecular weight excluding hydrogens is 484 g/mol. The van der Waals surface area contributed by atoms with Gasteiger partial charge in [0.25, 0.3) is 0 Å². The molecule has 1 N–H and O–H groups in total. The fourth-order valence-corrected chi connectivity index (χ4v) is 5.20. The first-order chi connectivity index (χ1) is 18.3. The topological polar surface area (TPSA) is 85.4 Å². The highest BCUT2D eigenvalue weighted by atomic mass is 16.6. The molecule has 3 heterocycles. The molecule has 2 saturated heterocycles. The molecule has 5 rings (SSSR count). The molecule has 2 aliphatic rings. The van der Waals surface area contributed by atoms with Crippen molar-refractivity contribution < 1.29 is 23.7 Å². The van der Waals surface area contributed by atoms with Gasteiger partial charge in [0, 0.05) is 55.3 Å². The standard InChI is InChI=1S/C29H36N4O5/c1-29(2,3)38-28(34)33-18-20-14-21(33)17-32(20)19-6-8-23-24(10-11-30-26(23)15-19)31-25-9-7-22(16-27(25)36-5)37-13-12-35-4/h6-11,15-16,20-21H,12-14,17-18H2,1-5H3,(H,30,31). The molecule has 0 aliphatic carbocycles. The summed E-state index contributed by atoms with van der Waals surface area (Å²) in [6, 6.07) is 14.5. The third kappa shape index (κ3) is 5.43. The Morgan fingerprint density at radius 1 is 1.03 bits per heavy atom. The minimum Gasteiger partial charge on any atom is -0.494 e. The van der Waals surface area contributed by atoms with Crippen LogP contribution in [0.4, 0.5) is 21.9 Å². The largest absolute Gasteiger partial charge is 0.494 e. The molecule has 3 aromatic rings. The van der Waals surface area contributed by atoms with Crippen LogP contribution in [0.3, 0.4) is 0 Å². The number of methoxy groups -OCH3 is 2. The number of rotatable bonds is 8. The van der Waals surface area contributed by atoms with Gasteiger partial charge in [-0.05, 0) is 63.6 Å². The SMILES string of the molecule is COCCOc1ccc(Nc2ccnc3cc(N4CC5CC4CN5C(=O)OC(C)(C)C)ccc23)c(OC)c1. The second-order valence-corrected chi connectivity index (χ2v) is 10.7. The number of carbonyl (C=O) groups excluding carboxylic acids is 1. The van der Waals surface area contributed by atoms with Gasteiger partial charge in [0.05, 0.1) is 31.0 Å². The van der Waals surface area contributed by atoms with Crippen molar-refractivity contribution in [2.45, 2.75) is 44.9 Å². The number of fused-ring (bicyclic) bond motifs is 3. The molecule has 1 amide bonds. The summed E-state index contributed by atoms with van der Waals surface area (Å²) in [5.74, 6) is 1.41. The predicted octanol–water partition coefficient (Wildman–Crippen LogP) is 5.21. The number of nitrogens with one attached hydrogen (secondary N) is 1. The molecule has 2 unspecified atom stereocenters. The van der Waals surface area contributed by atoms with Crippen LogP contribution >= 0.6 is 0 Å². The smallest absolute Gasteiger partial charge is 0.410 e. The third-order valence-electron chi connectivity index (χ3n) is 6.93. The van der Waals surface area contributed by atoms with Gasteiger partial charge in [0.2, 0.25) is 0 Å². The van der Waals surface area contributed by atoms with Crippen LogP contribution < -0.4 is 19.7 Å². The number of nitrogens with zero attached hydrogens (tertiary/aromatic N) is 3. The molecule has 2 atom stereocenters. The van der Waals surface area contributed by atoms with Gasteiger partial charge >= 0.3 is 6.09 Å². The first-order valence-corrected chi connectivity index (χ1v) is 13.0. The Hall–Kier alpha value is -3.72. The summed E-state index contributed by atoms with van der Waals surface area (Å²) < 4.78 is 22.0. The monoisotopic (exact) mass is 520 g/mol. The van der Waals surface area contributed by atoms with Crippen LogP contribution in [0.5, 0.6) is 11.5 Å². The average molecular weight is 521 g/mol. The molecule has 1 aromatic heterocycles. The van der Waals surface area contributed by atoms with Gasteiger partial charge in [0.15, 0.2) is 0 Å². The zero-order chi connectivity index (χ0) is 26.9. The molecule has 2 bridgehead atoms. The van der Waals surface area contributed by atoms with E-state index in [4.69, 9.17) is 18.9 Å². The van der Waals surface area contributed by atoms with E-state index >= 15 is 0 Å². The van der Waals surface area contributed by atoms with Crippen molar-refractivity contribution in [1.29, 1.82) is 0 Å². The van der Waals surface area contributed by atoms with Gasteiger partial charge in [-0.2, -0.15) is 0 Å². The number of carbonyl (C=O) groups is 1. The number of hydrogen-bond acceptors (Lipinski definition) is 8. The maximum absolute atomic E-state index is 12.6. The highest BCUT2D eigenvalue weighted by Gasteiger charge is 2.46. The number of benzene rings is 2. The number of anilines is 3. The number of aromatic nitrogens is 1. The van der Waals surface area contributed by atoms with Crippen LogP contribution in [0, 0.1) is 0 Å². The van der Waals surface area contributed by atoms with E-state index < -0.39 is 5.60 Å². The fourth-order valence-electron chi connectivity index (χ4n) is 5.20. The first kappa shape index (κ1) is 25.9. The molecule has 0 spiro atoms. The Kier molecular flexibility index (Phi) is 7.21. The van der Waals surface area contributed by atoms with Gasteiger partial charge in [-0.25, -0.2) is 4.79 Å². The van der Waals surface area contributed by atoms with Crippen molar-refractivity contribution in [3.8, 4) is 11.5 Å². The molecule has 0 radical (unpaired) electrons. The van der Waals surface area contributed by atoms with Crippen molar-refractivity contribution in [2.24, 2.45) is 0 Å². The van der Waals surface area contributed by atoms with E-state index in [1.165, 1.54) is 0 Å². The van der Waals surface area contributed by atoms with E-state index in [0.29, 0.717) is 25.5 Å². The van der Waals surface area contributed by atoms with Crippen LogP contribution in [-0.4, -0.2) is 74.2 Å². The first-order valence-electron chi connectivity index (χ1n) is 13.0. The maximum atomic E-state index is 12.6. The van der Waals surface area contributed by atoms with Crippen molar-refractivity contribution in [2.75, 3.05) is 50.7 Å². The highest BCUT2D eigenvalue weighted by Crippen LogP contribution is 2.38. The Labute approximate surface area is 223 Å². The Morgan fingerprint density at radius 3 is 2.58 bits per heavy atom. The number of pyridine rings is 1. The molecule has 2 fully saturated rings. The number of amides is 1. The molecule has 38 heavy (non-hydrogen) atoms. The number of ether oxygens (including phenoxy) is 4. The summed E-state index contributed by atoms with van der Waals surface area (Å²) >= 11 is 0. The fraction of sp³-hybridized carbons (Fsp3) is 0.448. The lowest BCUT2D eigenvalue weighted by Crippen LogP contribution is -2.50. The normalized spacial score (nSPS) is 18.7. The van der Waals surface area contributed by atoms with Crippen molar-refractivity contribution >= 4 is 34.1 Å². The van der Waals surface area contributed by atoms with Crippen molar-refractivity contribution in [3.63, 3.8) is 0 Å². The molecule has 0 saturated carbocycles. The quantitative estimate of drug-likeness (QED) is 0.405. The summed E-state index contributed by atoms with van der Waals surface area (Å²) in [5.41, 5.74) is 3.30. The minimum atomic E-state index is -0.488. The minimum absolute atomic E-state index is 0.167. The zero-order valence-electron chi connectivity index (χ0n) is 22.7. The number of piperazine rings is 1. The Morgan fingerprint density at radius 2 is 1.87 bits per heavy atom. The van der Waals surface area contributed by atoms with Crippen molar-refractivity contribution in [3.05, 3.63) is 48.7 Å². The second kappa shape index (κ2) is 10.6. The summed E-state index contributed by atoms with van der Waals surface area (Å²) in [6.45, 7) is 8.18. The molecule has 9 nitrogen and oxygen atoms in total. The second-order valence-electron chi connectivity index (χ2n) is 10.7. The van der Waals surface area contributed by atoms with Crippen LogP contribution in [0.1, 0.15) is 27.2 Å². The van der Waals surface area contributed by atoms with Crippen LogP contribution in [0.15, 0.2) is 48.7 Å². The number of likely N-dealkylation sites (tertiary alicyclic amines) is 1. The Balaban J connectivity index is 1.31. The van der Waals surface area contributed by atoms with Gasteiger partial charge in [0.1, 0.15) is 23.7 Å². The predicted molar refractivity (Wildman–Crippen MR) is 148 cm³/mol. The summed E-state index contributed by atoms with van der Waals surface area (Å²) in [6.07, 6.45) is 2.55. The third-order valence-corrected chi connectivity index (χ3v) is 6.93. The summed E-state index contributed by atoms with van der Waals surface area (Å²) in [4.78, 5) is 21.5. The van der Waals surface area contributed by atoms with E-state index in [9.17, 15) is 4.79 Å². The Bertz CT molecular complexity index is 1310. The van der Waals surface area contributed by atoms with E-state index in [2.05, 4.69) is 33.4 Å². The molecule has 2 aliphatic heterocycles. The van der Waals surface area contributed by atoms with Crippen LogP contribution in [0.2, 0.25) is 0 Å². The van der Waals surface area contributed by atoms with E-state index in [0.717, 1.165) is 46.7 Å². The number of hydrogen-bond donors (Lipinski definition) is 1. The summed E-state index contributed by atoms with van der Waals surface area (Å²) in [5, 5.41) is 4.51. The lowest BCUT2D eigenvalue weighted by Gasteiger charge is -2.36. The van der Waals surface area contributed by atoms with E-state index in [-0.39, 0.29) is 18.2 Å². The molecule has 2 aromatic carbocycles. The zero-order valence-corrected chi connectivity index (χ0v) is 22.7.